The van der Waals surface area contributed by atoms with Gasteiger partial charge in [0, 0.05) is 12.4 Å². The zero-order chi connectivity index (χ0) is 8.23. The maximum Gasteiger partial charge on any atom is 0.138 e. The summed E-state index contributed by atoms with van der Waals surface area (Å²) in [6.45, 7) is 1.83. The molecule has 0 aromatic carbocycles. The van der Waals surface area contributed by atoms with E-state index in [1.54, 1.807) is 18.0 Å². The Morgan fingerprint density at radius 3 is 3.42 bits per heavy atom. The molecule has 12 heavy (non-hydrogen) atoms. The highest BCUT2D eigenvalue weighted by Crippen LogP contribution is 2.22. The van der Waals surface area contributed by atoms with Crippen molar-refractivity contribution in [2.45, 2.75) is 11.4 Å². The van der Waals surface area contributed by atoms with Gasteiger partial charge in [-0.3, -0.25) is 0 Å². The van der Waals surface area contributed by atoms with Gasteiger partial charge in [0.05, 0.1) is 12.8 Å². The lowest BCUT2D eigenvalue weighted by atomic mass is 10.2. The fourth-order valence-corrected chi connectivity index (χ4v) is 2.08. The zero-order valence-electron chi connectivity index (χ0n) is 6.69. The smallest absolute Gasteiger partial charge is 0.138 e. The summed E-state index contributed by atoms with van der Waals surface area (Å²) in [6, 6.07) is 0. The molecule has 1 aliphatic rings. The number of nitrogens with one attached hydrogen (secondary N) is 1. The van der Waals surface area contributed by atoms with E-state index >= 15 is 0 Å². The summed E-state index contributed by atoms with van der Waals surface area (Å²) in [5, 5.41) is 11.3. The van der Waals surface area contributed by atoms with Crippen LogP contribution in [-0.2, 0) is 4.74 Å². The lowest BCUT2D eigenvalue weighted by Crippen LogP contribution is -2.01. The summed E-state index contributed by atoms with van der Waals surface area (Å²) in [6.07, 6.45) is 2.94. The first-order valence-electron chi connectivity index (χ1n) is 4.01. The van der Waals surface area contributed by atoms with E-state index in [0.29, 0.717) is 5.92 Å². The molecule has 0 bridgehead atoms. The van der Waals surface area contributed by atoms with Crippen molar-refractivity contribution in [2.75, 3.05) is 19.0 Å². The molecule has 2 rings (SSSR count). The van der Waals surface area contributed by atoms with Crippen LogP contribution in [0.1, 0.15) is 6.42 Å². The van der Waals surface area contributed by atoms with Gasteiger partial charge < -0.3 is 4.74 Å². The third-order valence-corrected chi connectivity index (χ3v) is 3.01. The normalized spacial score (nSPS) is 23.2. The van der Waals surface area contributed by atoms with E-state index in [1.165, 1.54) is 6.42 Å². The minimum atomic E-state index is 0.701. The average Bonchev–Trinajstić information content (AvgIpc) is 2.74. The lowest BCUT2D eigenvalue weighted by Gasteiger charge is -2.03. The second kappa shape index (κ2) is 3.91. The van der Waals surface area contributed by atoms with E-state index in [1.807, 2.05) is 0 Å². The predicted molar refractivity (Wildman–Crippen MR) is 46.0 cm³/mol. The van der Waals surface area contributed by atoms with E-state index in [2.05, 4.69) is 15.4 Å². The summed E-state index contributed by atoms with van der Waals surface area (Å²) in [5.74, 6) is 1.79. The largest absolute Gasteiger partial charge is 0.381 e. The quantitative estimate of drug-likeness (QED) is 0.712. The number of thioether (sulfide) groups is 1. The molecule has 2 heterocycles. The molecule has 1 unspecified atom stereocenters. The highest BCUT2D eigenvalue weighted by atomic mass is 32.2. The summed E-state index contributed by atoms with van der Waals surface area (Å²) in [7, 11) is 0. The fourth-order valence-electron chi connectivity index (χ4n) is 1.18. The second-order valence-corrected chi connectivity index (χ2v) is 3.89. The molecule has 5 heteroatoms. The van der Waals surface area contributed by atoms with Crippen LogP contribution in [0.2, 0.25) is 0 Å². The van der Waals surface area contributed by atoms with Crippen LogP contribution in [-0.4, -0.2) is 34.4 Å². The minimum Gasteiger partial charge on any atom is -0.381 e. The molecule has 1 atom stereocenters. The molecule has 4 nitrogen and oxygen atoms in total. The molecular formula is C7H11N3OS. The number of H-pyrrole nitrogens is 1. The molecule has 1 aromatic rings. The van der Waals surface area contributed by atoms with Crippen LogP contribution in [0.3, 0.4) is 0 Å². The van der Waals surface area contributed by atoms with Crippen LogP contribution in [0.5, 0.6) is 0 Å². The van der Waals surface area contributed by atoms with Crippen LogP contribution >= 0.6 is 11.8 Å². The average molecular weight is 185 g/mol. The maximum absolute atomic E-state index is 5.27. The van der Waals surface area contributed by atoms with E-state index < -0.39 is 0 Å². The van der Waals surface area contributed by atoms with Crippen LogP contribution in [0, 0.1) is 5.92 Å². The molecule has 1 saturated heterocycles. The van der Waals surface area contributed by atoms with E-state index in [0.717, 1.165) is 24.0 Å². The van der Waals surface area contributed by atoms with Gasteiger partial charge in [0.1, 0.15) is 5.03 Å². The molecule has 1 N–H and O–H groups in total. The van der Waals surface area contributed by atoms with Gasteiger partial charge in [-0.05, 0) is 12.3 Å². The Bertz CT molecular complexity index is 221. The number of ether oxygens (including phenoxy) is 1. The summed E-state index contributed by atoms with van der Waals surface area (Å²) < 4.78 is 5.27. The van der Waals surface area contributed by atoms with Gasteiger partial charge in [-0.15, -0.1) is 16.9 Å². The molecule has 0 radical (unpaired) electrons. The molecule has 0 saturated carbocycles. The van der Waals surface area contributed by atoms with Crippen molar-refractivity contribution in [3.63, 3.8) is 0 Å². The molecule has 1 aromatic heterocycles. The maximum atomic E-state index is 5.27. The monoisotopic (exact) mass is 185 g/mol. The van der Waals surface area contributed by atoms with Gasteiger partial charge in [-0.2, -0.15) is 10.3 Å². The minimum absolute atomic E-state index is 0.701. The topological polar surface area (TPSA) is 50.8 Å². The van der Waals surface area contributed by atoms with Crippen molar-refractivity contribution in [2.24, 2.45) is 5.92 Å². The van der Waals surface area contributed by atoms with Crippen LogP contribution < -0.4 is 0 Å². The molecule has 1 fully saturated rings. The van der Waals surface area contributed by atoms with Gasteiger partial charge in [-0.25, -0.2) is 0 Å². The van der Waals surface area contributed by atoms with Crippen molar-refractivity contribution < 1.29 is 4.74 Å². The Hall–Kier alpha value is -0.550. The number of aromatic nitrogens is 3. The third kappa shape index (κ3) is 1.98. The molecule has 0 spiro atoms. The highest BCUT2D eigenvalue weighted by molar-refractivity contribution is 7.99. The highest BCUT2D eigenvalue weighted by Gasteiger charge is 2.15. The van der Waals surface area contributed by atoms with E-state index in [-0.39, 0.29) is 0 Å². The standard InChI is InChI=1S/C7H11N3OS/c1-2-11-4-6(1)5-12-7-3-8-10-9-7/h3,6H,1-2,4-5H2,(H,8,9,10). The molecule has 0 aliphatic carbocycles. The van der Waals surface area contributed by atoms with Gasteiger partial charge in [-0.1, -0.05) is 0 Å². The Kier molecular flexibility index (Phi) is 2.63. The SMILES string of the molecule is c1n[nH]nc1SCC1CCOC1. The van der Waals surface area contributed by atoms with Crippen molar-refractivity contribution in [3.8, 4) is 0 Å². The van der Waals surface area contributed by atoms with E-state index in [4.69, 9.17) is 4.74 Å². The summed E-state index contributed by atoms with van der Waals surface area (Å²) in [5.41, 5.74) is 0. The summed E-state index contributed by atoms with van der Waals surface area (Å²) in [4.78, 5) is 0. The molecule has 0 amide bonds. The van der Waals surface area contributed by atoms with Crippen molar-refractivity contribution in [1.29, 1.82) is 0 Å². The van der Waals surface area contributed by atoms with Gasteiger partial charge >= 0.3 is 0 Å². The number of rotatable bonds is 3. The van der Waals surface area contributed by atoms with Crippen LogP contribution in [0.15, 0.2) is 11.2 Å². The molecular weight excluding hydrogens is 174 g/mol. The number of nitrogens with zero attached hydrogens (tertiary/aromatic N) is 2. The predicted octanol–water partition coefficient (Wildman–Crippen LogP) is 0.933. The molecule has 66 valence electrons. The van der Waals surface area contributed by atoms with Gasteiger partial charge in [0.2, 0.25) is 0 Å². The Labute approximate surface area is 75.1 Å². The Morgan fingerprint density at radius 1 is 1.75 bits per heavy atom. The zero-order valence-corrected chi connectivity index (χ0v) is 7.51. The second-order valence-electron chi connectivity index (χ2n) is 2.85. The van der Waals surface area contributed by atoms with Gasteiger partial charge in [0.15, 0.2) is 0 Å². The van der Waals surface area contributed by atoms with E-state index in [9.17, 15) is 0 Å². The third-order valence-electron chi connectivity index (χ3n) is 1.88. The van der Waals surface area contributed by atoms with Crippen molar-refractivity contribution >= 4 is 11.8 Å². The molecule has 1 aliphatic heterocycles. The van der Waals surface area contributed by atoms with Gasteiger partial charge in [0.25, 0.3) is 0 Å². The number of hydrogen-bond donors (Lipinski definition) is 1. The Morgan fingerprint density at radius 2 is 2.75 bits per heavy atom. The summed E-state index contributed by atoms with van der Waals surface area (Å²) >= 11 is 1.74. The first kappa shape index (κ1) is 8.07. The van der Waals surface area contributed by atoms with Crippen LogP contribution in [0.4, 0.5) is 0 Å². The lowest BCUT2D eigenvalue weighted by molar-refractivity contribution is 0.189. The first-order chi connectivity index (χ1) is 5.95. The van der Waals surface area contributed by atoms with Crippen molar-refractivity contribution in [1.82, 2.24) is 15.4 Å². The van der Waals surface area contributed by atoms with Crippen molar-refractivity contribution in [3.05, 3.63) is 6.20 Å². The number of hydrogen-bond acceptors (Lipinski definition) is 4. The fraction of sp³-hybridized carbons (Fsp3) is 0.714. The Balaban J connectivity index is 1.74. The first-order valence-corrected chi connectivity index (χ1v) is 5.00. The number of aromatic amines is 1. The van der Waals surface area contributed by atoms with Crippen LogP contribution in [0.25, 0.3) is 0 Å².